The second-order valence-electron chi connectivity index (χ2n) is 5.87. The fourth-order valence-electron chi connectivity index (χ4n) is 1.68. The number of benzene rings is 1. The molecule has 0 saturated heterocycles. The monoisotopic (exact) mass is 382 g/mol. The van der Waals surface area contributed by atoms with Gasteiger partial charge in [0.05, 0.1) is 9.37 Å². The minimum Gasteiger partial charge on any atom is -0.398 e. The summed E-state index contributed by atoms with van der Waals surface area (Å²) in [6.45, 7) is 7.85. The van der Waals surface area contributed by atoms with Gasteiger partial charge in [-0.25, -0.2) is 8.42 Å². The molecule has 0 saturated carbocycles. The Bertz CT molecular complexity index is 612. The van der Waals surface area contributed by atoms with Gasteiger partial charge >= 0.3 is 0 Å². The van der Waals surface area contributed by atoms with E-state index in [1.807, 2.05) is 27.7 Å². The number of halogens is 2. The molecule has 0 aliphatic rings. The van der Waals surface area contributed by atoms with E-state index in [1.54, 1.807) is 7.05 Å². The molecule has 0 bridgehead atoms. The normalized spacial score (nSPS) is 14.6. The van der Waals surface area contributed by atoms with Crippen LogP contribution in [0.5, 0.6) is 0 Å². The van der Waals surface area contributed by atoms with Crippen LogP contribution in [0.15, 0.2) is 21.5 Å². The zero-order valence-electron chi connectivity index (χ0n) is 12.2. The SMILES string of the molecule is CC(N(C)S(=O)(=O)c1cc(Cl)cc(N)c1Br)C(C)(C)C. The Labute approximate surface area is 134 Å². The van der Waals surface area contributed by atoms with E-state index in [0.717, 1.165) is 0 Å². The molecule has 20 heavy (non-hydrogen) atoms. The summed E-state index contributed by atoms with van der Waals surface area (Å²) in [7, 11) is -2.11. The van der Waals surface area contributed by atoms with E-state index in [9.17, 15) is 8.42 Å². The summed E-state index contributed by atoms with van der Waals surface area (Å²) in [5.41, 5.74) is 5.88. The standard InChI is InChI=1S/C13H20BrClN2O2S/c1-8(13(2,3)4)17(5)20(18,19)11-7-9(15)6-10(16)12(11)14/h6-8H,16H2,1-5H3. The van der Waals surface area contributed by atoms with E-state index in [1.165, 1.54) is 16.4 Å². The van der Waals surface area contributed by atoms with E-state index in [4.69, 9.17) is 17.3 Å². The van der Waals surface area contributed by atoms with Crippen LogP contribution < -0.4 is 5.73 Å². The van der Waals surface area contributed by atoms with E-state index in [2.05, 4.69) is 15.9 Å². The molecular formula is C13H20BrClN2O2S. The fourth-order valence-corrected chi connectivity index (χ4v) is 4.48. The van der Waals surface area contributed by atoms with Crippen molar-refractivity contribution in [1.82, 2.24) is 4.31 Å². The molecule has 1 rings (SSSR count). The summed E-state index contributed by atoms with van der Waals surface area (Å²) in [5.74, 6) is 0. The molecule has 0 amide bonds. The van der Waals surface area contributed by atoms with Crippen LogP contribution >= 0.6 is 27.5 Å². The number of nitrogen functional groups attached to an aromatic ring is 1. The van der Waals surface area contributed by atoms with Crippen LogP contribution in [0.3, 0.4) is 0 Å². The van der Waals surface area contributed by atoms with Crippen LogP contribution in [-0.2, 0) is 10.0 Å². The van der Waals surface area contributed by atoms with Crippen LogP contribution in [0.1, 0.15) is 27.7 Å². The van der Waals surface area contributed by atoms with Crippen LogP contribution in [0.25, 0.3) is 0 Å². The minimum atomic E-state index is -3.68. The molecule has 1 atom stereocenters. The van der Waals surface area contributed by atoms with Crippen molar-refractivity contribution < 1.29 is 8.42 Å². The molecule has 1 aromatic rings. The Morgan fingerprint density at radius 2 is 1.85 bits per heavy atom. The molecule has 114 valence electrons. The van der Waals surface area contributed by atoms with Gasteiger partial charge in [-0.1, -0.05) is 32.4 Å². The number of hydrogen-bond donors (Lipinski definition) is 1. The zero-order chi connectivity index (χ0) is 15.9. The number of rotatable bonds is 3. The van der Waals surface area contributed by atoms with Crippen molar-refractivity contribution in [1.29, 1.82) is 0 Å². The lowest BCUT2D eigenvalue weighted by Gasteiger charge is -2.34. The van der Waals surface area contributed by atoms with Gasteiger partial charge in [0, 0.05) is 23.8 Å². The molecule has 0 heterocycles. The van der Waals surface area contributed by atoms with E-state index < -0.39 is 10.0 Å². The quantitative estimate of drug-likeness (QED) is 0.809. The number of sulfonamides is 1. The predicted octanol–water partition coefficient (Wildman–Crippen LogP) is 3.74. The van der Waals surface area contributed by atoms with Crippen LogP contribution in [0, 0.1) is 5.41 Å². The van der Waals surface area contributed by atoms with Crippen molar-refractivity contribution in [3.05, 3.63) is 21.6 Å². The molecule has 0 radical (unpaired) electrons. The van der Waals surface area contributed by atoms with E-state index in [-0.39, 0.29) is 16.4 Å². The first-order valence-electron chi connectivity index (χ1n) is 6.11. The number of hydrogen-bond acceptors (Lipinski definition) is 3. The summed E-state index contributed by atoms with van der Waals surface area (Å²) in [4.78, 5) is 0.0844. The van der Waals surface area contributed by atoms with Gasteiger partial charge in [-0.15, -0.1) is 0 Å². The van der Waals surface area contributed by atoms with Crippen LogP contribution in [-0.4, -0.2) is 25.8 Å². The van der Waals surface area contributed by atoms with Crippen molar-refractivity contribution in [3.8, 4) is 0 Å². The third-order valence-corrected chi connectivity index (χ3v) is 6.81. The Morgan fingerprint density at radius 3 is 2.30 bits per heavy atom. The van der Waals surface area contributed by atoms with Crippen molar-refractivity contribution in [2.75, 3.05) is 12.8 Å². The molecule has 1 aromatic carbocycles. The highest BCUT2D eigenvalue weighted by atomic mass is 79.9. The van der Waals surface area contributed by atoms with E-state index >= 15 is 0 Å². The first-order valence-corrected chi connectivity index (χ1v) is 8.72. The van der Waals surface area contributed by atoms with Gasteiger partial charge in [0.15, 0.2) is 0 Å². The first-order chi connectivity index (χ1) is 8.89. The summed E-state index contributed by atoms with van der Waals surface area (Å²) in [5, 5.41) is 0.293. The van der Waals surface area contributed by atoms with Gasteiger partial charge in [-0.2, -0.15) is 4.31 Å². The minimum absolute atomic E-state index is 0.0844. The first kappa shape index (κ1) is 17.8. The third kappa shape index (κ3) is 3.47. The fraction of sp³-hybridized carbons (Fsp3) is 0.538. The topological polar surface area (TPSA) is 63.4 Å². The van der Waals surface area contributed by atoms with Crippen molar-refractivity contribution in [3.63, 3.8) is 0 Å². The van der Waals surface area contributed by atoms with Crippen LogP contribution in [0.4, 0.5) is 5.69 Å². The van der Waals surface area contributed by atoms with Gasteiger partial charge in [-0.3, -0.25) is 0 Å². The van der Waals surface area contributed by atoms with Crippen molar-refractivity contribution >= 4 is 43.2 Å². The van der Waals surface area contributed by atoms with Gasteiger partial charge in [0.2, 0.25) is 10.0 Å². The highest BCUT2D eigenvalue weighted by molar-refractivity contribution is 9.10. The Balaban J connectivity index is 3.38. The molecule has 0 spiro atoms. The Morgan fingerprint density at radius 1 is 1.35 bits per heavy atom. The average Bonchev–Trinajstić information content (AvgIpc) is 2.30. The smallest absolute Gasteiger partial charge is 0.244 e. The highest BCUT2D eigenvalue weighted by Gasteiger charge is 2.34. The predicted molar refractivity (Wildman–Crippen MR) is 87.4 cm³/mol. The molecule has 0 aromatic heterocycles. The van der Waals surface area contributed by atoms with Gasteiger partial charge < -0.3 is 5.73 Å². The van der Waals surface area contributed by atoms with Gasteiger partial charge in [0.1, 0.15) is 0 Å². The maximum Gasteiger partial charge on any atom is 0.244 e. The largest absolute Gasteiger partial charge is 0.398 e. The number of anilines is 1. The Hall–Kier alpha value is -0.300. The maximum atomic E-state index is 12.7. The second kappa shape index (κ2) is 5.83. The molecular weight excluding hydrogens is 364 g/mol. The molecule has 4 nitrogen and oxygen atoms in total. The summed E-state index contributed by atoms with van der Waals surface area (Å²) < 4.78 is 27.1. The summed E-state index contributed by atoms with van der Waals surface area (Å²) in [6, 6.07) is 2.74. The number of nitrogens with zero attached hydrogens (tertiary/aromatic N) is 1. The Kier molecular flexibility index (Phi) is 5.17. The lowest BCUT2D eigenvalue weighted by molar-refractivity contribution is 0.216. The lowest BCUT2D eigenvalue weighted by atomic mass is 9.88. The van der Waals surface area contributed by atoms with E-state index in [0.29, 0.717) is 15.2 Å². The molecule has 0 aliphatic heterocycles. The van der Waals surface area contributed by atoms with Gasteiger partial charge in [0.25, 0.3) is 0 Å². The van der Waals surface area contributed by atoms with Crippen molar-refractivity contribution in [2.45, 2.75) is 38.6 Å². The third-order valence-electron chi connectivity index (χ3n) is 3.49. The van der Waals surface area contributed by atoms with Crippen LogP contribution in [0.2, 0.25) is 5.02 Å². The molecule has 2 N–H and O–H groups in total. The summed E-state index contributed by atoms with van der Waals surface area (Å²) >= 11 is 9.15. The number of nitrogens with two attached hydrogens (primary N) is 1. The van der Waals surface area contributed by atoms with Crippen molar-refractivity contribution in [2.24, 2.45) is 5.41 Å². The highest BCUT2D eigenvalue weighted by Crippen LogP contribution is 2.35. The molecule has 1 unspecified atom stereocenters. The molecule has 0 aliphatic carbocycles. The maximum absolute atomic E-state index is 12.7. The summed E-state index contributed by atoms with van der Waals surface area (Å²) in [6.07, 6.45) is 0. The van der Waals surface area contributed by atoms with Gasteiger partial charge in [-0.05, 0) is 40.4 Å². The zero-order valence-corrected chi connectivity index (χ0v) is 15.4. The molecule has 0 fully saturated rings. The lowest BCUT2D eigenvalue weighted by Crippen LogP contribution is -2.43. The average molecular weight is 384 g/mol. The molecule has 7 heteroatoms. The second-order valence-corrected chi connectivity index (χ2v) is 9.07.